The molecule has 8 nitrogen and oxygen atoms in total. The number of hydrogen-bond donors (Lipinski definition) is 0. The molecule has 0 N–H and O–H groups in total. The van der Waals surface area contributed by atoms with Gasteiger partial charge in [-0.15, -0.1) is 0 Å². The molecule has 3 heterocycles. The molecule has 0 atom stereocenters. The van der Waals surface area contributed by atoms with Crippen LogP contribution >= 0.6 is 0 Å². The highest BCUT2D eigenvalue weighted by atomic mass is 15.0. The molecule has 0 aliphatic rings. The normalized spacial score (nSPS) is 11.0. The highest BCUT2D eigenvalue weighted by molar-refractivity contribution is 6.14. The van der Waals surface area contributed by atoms with Gasteiger partial charge in [-0.1, -0.05) is 133 Å². The monoisotopic (exact) mass is 942 g/mol. The van der Waals surface area contributed by atoms with Gasteiger partial charge in [0.05, 0.1) is 69.9 Å². The van der Waals surface area contributed by atoms with Crippen LogP contribution in [0.25, 0.3) is 120 Å². The van der Waals surface area contributed by atoms with Gasteiger partial charge in [0.1, 0.15) is 11.6 Å². The minimum atomic E-state index is 0.387. The number of nitrogens with zero attached hydrogens (tertiary/aromatic N) is 8. The highest BCUT2D eigenvalue weighted by Crippen LogP contribution is 2.45. The zero-order chi connectivity index (χ0) is 50.6. The molecule has 8 heteroatoms. The summed E-state index contributed by atoms with van der Waals surface area (Å²) >= 11 is 0. The fraction of sp³-hybridized carbons (Fsp3) is 0.0303. The van der Waals surface area contributed by atoms with E-state index in [-0.39, 0.29) is 0 Å². The Balaban J connectivity index is 1.26. The summed E-state index contributed by atoms with van der Waals surface area (Å²) in [6, 6.07) is 71.1. The largest absolute Gasteiger partial charge is 0.308 e. The summed E-state index contributed by atoms with van der Waals surface area (Å²) in [5, 5.41) is 36.4. The third-order valence-corrected chi connectivity index (χ3v) is 14.0. The van der Waals surface area contributed by atoms with Crippen molar-refractivity contribution < 1.29 is 0 Å². The Morgan fingerprint density at radius 2 is 0.716 bits per heavy atom. The standard InChI is InChI=1S/C66H38N8/c1-40-29-48(30-41(2)72-40)49-35-65(73-61-31-42(50-15-7-5-13-46(50)37-67)21-25-54(61)56-27-23-44(33-63(56)73)52-17-9-11-19-59(52)70-3)58(39-69)66(36-49)74-62-32-43(51-16-8-6-14-47(51)38-68)22-26-55(62)57-28-24-45(34-64(57)74)53-18-10-12-20-60(53)71-4/h5-36H,1-2H3. The van der Waals surface area contributed by atoms with E-state index in [0.29, 0.717) is 39.4 Å². The Morgan fingerprint density at radius 3 is 1.08 bits per heavy atom. The number of aryl methyl sites for hydroxylation is 2. The Kier molecular flexibility index (Phi) is 10.7. The maximum absolute atomic E-state index is 12.0. The number of rotatable bonds is 7. The van der Waals surface area contributed by atoms with E-state index < -0.39 is 0 Å². The zero-order valence-electron chi connectivity index (χ0n) is 40.1. The average molecular weight is 943 g/mol. The van der Waals surface area contributed by atoms with Crippen molar-refractivity contribution >= 4 is 55.0 Å². The van der Waals surface area contributed by atoms with Gasteiger partial charge in [-0.2, -0.15) is 15.8 Å². The fourth-order valence-electron chi connectivity index (χ4n) is 10.8. The van der Waals surface area contributed by atoms with E-state index in [1.165, 1.54) is 0 Å². The third-order valence-electron chi connectivity index (χ3n) is 14.0. The van der Waals surface area contributed by atoms with Gasteiger partial charge >= 0.3 is 0 Å². The third kappa shape index (κ3) is 7.22. The molecule has 0 fully saturated rings. The first-order valence-electron chi connectivity index (χ1n) is 23.9. The Morgan fingerprint density at radius 1 is 0.378 bits per heavy atom. The van der Waals surface area contributed by atoms with E-state index in [1.807, 2.05) is 123 Å². The van der Waals surface area contributed by atoms with Gasteiger partial charge < -0.3 is 9.13 Å². The van der Waals surface area contributed by atoms with Crippen LogP contribution in [0.2, 0.25) is 0 Å². The topological polar surface area (TPSA) is 103 Å². The second-order valence-electron chi connectivity index (χ2n) is 18.3. The molecule has 0 aliphatic carbocycles. The predicted octanol–water partition coefficient (Wildman–Crippen LogP) is 16.9. The number of benzene rings is 9. The molecule has 342 valence electrons. The summed E-state index contributed by atoms with van der Waals surface area (Å²) in [4.78, 5) is 12.5. The lowest BCUT2D eigenvalue weighted by Gasteiger charge is -2.19. The highest BCUT2D eigenvalue weighted by Gasteiger charge is 2.25. The van der Waals surface area contributed by atoms with Crippen LogP contribution in [0.4, 0.5) is 11.4 Å². The predicted molar refractivity (Wildman–Crippen MR) is 296 cm³/mol. The summed E-state index contributed by atoms with van der Waals surface area (Å²) in [5.74, 6) is 0. The summed E-state index contributed by atoms with van der Waals surface area (Å²) in [6.45, 7) is 20.1. The summed E-state index contributed by atoms with van der Waals surface area (Å²) in [6.07, 6.45) is 0. The second-order valence-corrected chi connectivity index (χ2v) is 18.3. The number of pyridine rings is 1. The van der Waals surface area contributed by atoms with Crippen LogP contribution in [0.5, 0.6) is 0 Å². The lowest BCUT2D eigenvalue weighted by Crippen LogP contribution is -2.06. The quantitative estimate of drug-likeness (QED) is 0.148. The first-order chi connectivity index (χ1) is 36.3. The van der Waals surface area contributed by atoms with Gasteiger partial charge in [0.25, 0.3) is 0 Å². The van der Waals surface area contributed by atoms with Crippen molar-refractivity contribution in [3.8, 4) is 85.2 Å². The van der Waals surface area contributed by atoms with Gasteiger partial charge in [-0.3, -0.25) is 4.98 Å². The molecule has 0 amide bonds. The van der Waals surface area contributed by atoms with Crippen molar-refractivity contribution in [2.24, 2.45) is 0 Å². The van der Waals surface area contributed by atoms with Crippen LogP contribution in [0.15, 0.2) is 194 Å². The zero-order valence-corrected chi connectivity index (χ0v) is 40.1. The average Bonchev–Trinajstić information content (AvgIpc) is 3.96. The van der Waals surface area contributed by atoms with Gasteiger partial charge in [-0.25, -0.2) is 9.69 Å². The maximum Gasteiger partial charge on any atom is 0.194 e. The SMILES string of the molecule is [C-]#[N+]c1ccccc1-c1ccc2c3ccc(-c4ccccc4C#N)cc3n(-c3cc(-c4cc(C)nc(C)c4)cc(-n4c5cc(-c6ccccc6C#N)ccc5c5ccc(-c6ccccc6[N+]#[C-])cc54)c3C#N)c2c1. The molecule has 0 unspecified atom stereocenters. The summed E-state index contributed by atoms with van der Waals surface area (Å²) in [7, 11) is 0. The van der Waals surface area contributed by atoms with Crippen molar-refractivity contribution in [1.82, 2.24) is 14.1 Å². The maximum atomic E-state index is 12.0. The molecular formula is C66H38N8. The number of para-hydroxylation sites is 2. The minimum Gasteiger partial charge on any atom is -0.308 e. The first kappa shape index (κ1) is 44.4. The lowest BCUT2D eigenvalue weighted by molar-refractivity contribution is 1.11. The van der Waals surface area contributed by atoms with Gasteiger partial charge in [0, 0.05) is 32.9 Å². The molecule has 74 heavy (non-hydrogen) atoms. The van der Waals surface area contributed by atoms with Crippen molar-refractivity contribution in [3.63, 3.8) is 0 Å². The molecule has 0 aliphatic heterocycles. The van der Waals surface area contributed by atoms with Crippen molar-refractivity contribution in [1.29, 1.82) is 15.8 Å². The molecule has 12 rings (SSSR count). The number of nitriles is 3. The van der Waals surface area contributed by atoms with Crippen LogP contribution in [0.3, 0.4) is 0 Å². The van der Waals surface area contributed by atoms with Crippen molar-refractivity contribution in [2.45, 2.75) is 13.8 Å². The molecule has 0 bridgehead atoms. The van der Waals surface area contributed by atoms with Crippen molar-refractivity contribution in [3.05, 3.63) is 245 Å². The molecule has 0 saturated carbocycles. The Bertz CT molecular complexity index is 4080. The summed E-state index contributed by atoms with van der Waals surface area (Å²) < 4.78 is 4.33. The molecule has 3 aromatic heterocycles. The Labute approximate surface area is 427 Å². The Hall–Kier alpha value is -10.8. The number of fused-ring (bicyclic) bond motifs is 6. The molecular weight excluding hydrogens is 905 g/mol. The fourth-order valence-corrected chi connectivity index (χ4v) is 10.8. The van der Waals surface area contributed by atoms with Crippen LogP contribution in [0.1, 0.15) is 28.1 Å². The lowest BCUT2D eigenvalue weighted by atomic mass is 9.98. The van der Waals surface area contributed by atoms with E-state index in [9.17, 15) is 15.8 Å². The van der Waals surface area contributed by atoms with Crippen LogP contribution in [0, 0.1) is 61.0 Å². The molecule has 0 saturated heterocycles. The van der Waals surface area contributed by atoms with E-state index in [4.69, 9.17) is 18.1 Å². The number of hydrogen-bond acceptors (Lipinski definition) is 4. The van der Waals surface area contributed by atoms with E-state index in [0.717, 1.165) is 111 Å². The smallest absolute Gasteiger partial charge is 0.194 e. The van der Waals surface area contributed by atoms with E-state index >= 15 is 0 Å². The van der Waals surface area contributed by atoms with Crippen LogP contribution < -0.4 is 0 Å². The molecule has 0 spiro atoms. The summed E-state index contributed by atoms with van der Waals surface area (Å²) in [5.41, 5.74) is 17.0. The second kappa shape index (κ2) is 17.9. The van der Waals surface area contributed by atoms with Gasteiger partial charge in [0.15, 0.2) is 11.4 Å². The number of aromatic nitrogens is 3. The van der Waals surface area contributed by atoms with Gasteiger partial charge in [0.2, 0.25) is 0 Å². The molecule has 12 aromatic rings. The van der Waals surface area contributed by atoms with Crippen LogP contribution in [-0.4, -0.2) is 14.1 Å². The first-order valence-corrected chi connectivity index (χ1v) is 23.9. The van der Waals surface area contributed by atoms with E-state index in [1.54, 1.807) is 0 Å². The minimum absolute atomic E-state index is 0.387. The van der Waals surface area contributed by atoms with Gasteiger partial charge in [-0.05, 0) is 130 Å². The molecule has 9 aromatic carbocycles. The van der Waals surface area contributed by atoms with Crippen molar-refractivity contribution in [2.75, 3.05) is 0 Å². The van der Waals surface area contributed by atoms with E-state index in [2.05, 4.69) is 122 Å². The molecule has 0 radical (unpaired) electrons. The van der Waals surface area contributed by atoms with Crippen LogP contribution in [-0.2, 0) is 0 Å².